The molecule has 0 radical (unpaired) electrons. The van der Waals surface area contributed by atoms with Gasteiger partial charge in [0.15, 0.2) is 0 Å². The van der Waals surface area contributed by atoms with Gasteiger partial charge in [-0.15, -0.1) is 0 Å². The average Bonchev–Trinajstić information content (AvgIpc) is 2.18. The van der Waals surface area contributed by atoms with E-state index in [1.165, 1.54) is 18.3 Å². The molecular weight excluding hydrogens is 236 g/mol. The number of aromatic nitrogens is 1. The Hall–Kier alpha value is -0.650. The van der Waals surface area contributed by atoms with Crippen LogP contribution < -0.4 is 4.72 Å². The molecule has 0 fully saturated rings. The molecule has 0 amide bonds. The van der Waals surface area contributed by atoms with Crippen LogP contribution in [0.3, 0.4) is 0 Å². The van der Waals surface area contributed by atoms with Gasteiger partial charge in [0.05, 0.1) is 0 Å². The number of nitrogens with one attached hydrogen (secondary N) is 1. The lowest BCUT2D eigenvalue weighted by Gasteiger charge is -2.05. The van der Waals surface area contributed by atoms with Crippen LogP contribution in [0, 0.1) is 0 Å². The SMILES string of the molecule is CCCCNS(=O)(=O)c1ccc(Cl)nc1. The summed E-state index contributed by atoms with van der Waals surface area (Å²) in [5.41, 5.74) is 0. The Bertz CT molecular complexity index is 403. The van der Waals surface area contributed by atoms with Gasteiger partial charge < -0.3 is 0 Å². The van der Waals surface area contributed by atoms with Gasteiger partial charge in [-0.2, -0.15) is 0 Å². The standard InChI is InChI=1S/C9H13ClN2O2S/c1-2-3-6-12-15(13,14)8-4-5-9(10)11-7-8/h4-5,7,12H,2-3,6H2,1H3. The van der Waals surface area contributed by atoms with Crippen molar-refractivity contribution >= 4 is 21.6 Å². The van der Waals surface area contributed by atoms with Gasteiger partial charge >= 0.3 is 0 Å². The first-order valence-electron chi connectivity index (χ1n) is 4.67. The summed E-state index contributed by atoms with van der Waals surface area (Å²) in [6.45, 7) is 2.44. The second-order valence-electron chi connectivity index (χ2n) is 3.07. The summed E-state index contributed by atoms with van der Waals surface area (Å²) >= 11 is 5.56. The molecule has 0 saturated carbocycles. The lowest BCUT2D eigenvalue weighted by atomic mass is 10.3. The van der Waals surface area contributed by atoms with Crippen LogP contribution in [-0.2, 0) is 10.0 Å². The van der Waals surface area contributed by atoms with Crippen LogP contribution in [0.25, 0.3) is 0 Å². The quantitative estimate of drug-likeness (QED) is 0.639. The van der Waals surface area contributed by atoms with Gasteiger partial charge in [-0.1, -0.05) is 24.9 Å². The van der Waals surface area contributed by atoms with E-state index in [9.17, 15) is 8.42 Å². The fraction of sp³-hybridized carbons (Fsp3) is 0.444. The minimum absolute atomic E-state index is 0.142. The van der Waals surface area contributed by atoms with Gasteiger partial charge in [0.2, 0.25) is 10.0 Å². The summed E-state index contributed by atoms with van der Waals surface area (Å²) in [6, 6.07) is 2.89. The van der Waals surface area contributed by atoms with E-state index in [4.69, 9.17) is 11.6 Å². The van der Waals surface area contributed by atoms with E-state index >= 15 is 0 Å². The van der Waals surface area contributed by atoms with Crippen molar-refractivity contribution in [3.05, 3.63) is 23.5 Å². The third-order valence-corrected chi connectivity index (χ3v) is 3.50. The van der Waals surface area contributed by atoms with E-state index < -0.39 is 10.0 Å². The number of halogens is 1. The topological polar surface area (TPSA) is 59.1 Å². The van der Waals surface area contributed by atoms with Crippen LogP contribution in [0.1, 0.15) is 19.8 Å². The minimum Gasteiger partial charge on any atom is -0.243 e. The minimum atomic E-state index is -3.42. The maximum atomic E-state index is 11.6. The van der Waals surface area contributed by atoms with Crippen LogP contribution in [0.15, 0.2) is 23.2 Å². The molecule has 1 aromatic rings. The third kappa shape index (κ3) is 3.77. The molecule has 0 unspecified atom stereocenters. The molecule has 1 aromatic heterocycles. The Kier molecular flexibility index (Phi) is 4.50. The van der Waals surface area contributed by atoms with Crippen LogP contribution in [-0.4, -0.2) is 19.9 Å². The van der Waals surface area contributed by atoms with E-state index in [0.717, 1.165) is 12.8 Å². The first-order chi connectivity index (χ1) is 7.06. The van der Waals surface area contributed by atoms with Gasteiger partial charge in [-0.3, -0.25) is 0 Å². The molecule has 0 aliphatic carbocycles. The largest absolute Gasteiger partial charge is 0.243 e. The Morgan fingerprint density at radius 1 is 1.47 bits per heavy atom. The Morgan fingerprint density at radius 3 is 2.73 bits per heavy atom. The van der Waals surface area contributed by atoms with Gasteiger partial charge in [-0.25, -0.2) is 18.1 Å². The number of hydrogen-bond acceptors (Lipinski definition) is 3. The number of nitrogens with zero attached hydrogens (tertiary/aromatic N) is 1. The van der Waals surface area contributed by atoms with Crippen LogP contribution in [0.4, 0.5) is 0 Å². The van der Waals surface area contributed by atoms with Crippen LogP contribution in [0.2, 0.25) is 5.15 Å². The van der Waals surface area contributed by atoms with E-state index in [-0.39, 0.29) is 10.0 Å². The summed E-state index contributed by atoms with van der Waals surface area (Å²) in [7, 11) is -3.42. The second kappa shape index (κ2) is 5.44. The predicted octanol–water partition coefficient (Wildman–Crippen LogP) is 1.81. The highest BCUT2D eigenvalue weighted by atomic mass is 35.5. The Labute approximate surface area is 94.7 Å². The number of unbranched alkanes of at least 4 members (excludes halogenated alkanes) is 1. The van der Waals surface area contributed by atoms with E-state index in [1.54, 1.807) is 0 Å². The summed E-state index contributed by atoms with van der Waals surface area (Å²) in [5, 5.41) is 0.280. The average molecular weight is 249 g/mol. The fourth-order valence-electron chi connectivity index (χ4n) is 0.988. The molecule has 84 valence electrons. The molecule has 1 N–H and O–H groups in total. The molecule has 4 nitrogen and oxygen atoms in total. The zero-order valence-electron chi connectivity index (χ0n) is 8.40. The molecule has 0 bridgehead atoms. The Morgan fingerprint density at radius 2 is 2.20 bits per heavy atom. The normalized spacial score (nSPS) is 11.6. The van der Waals surface area contributed by atoms with Gasteiger partial charge in [-0.05, 0) is 18.6 Å². The Balaban J connectivity index is 2.73. The highest BCUT2D eigenvalue weighted by Gasteiger charge is 2.12. The monoisotopic (exact) mass is 248 g/mol. The zero-order valence-corrected chi connectivity index (χ0v) is 9.98. The van der Waals surface area contributed by atoms with E-state index in [0.29, 0.717) is 6.54 Å². The summed E-state index contributed by atoms with van der Waals surface area (Å²) in [6.07, 6.45) is 3.01. The van der Waals surface area contributed by atoms with Gasteiger partial charge in [0, 0.05) is 12.7 Å². The molecule has 0 saturated heterocycles. The molecule has 0 aliphatic heterocycles. The van der Waals surface area contributed by atoms with Crippen LogP contribution in [0.5, 0.6) is 0 Å². The molecule has 0 spiro atoms. The van der Waals surface area contributed by atoms with Crippen molar-refractivity contribution in [2.45, 2.75) is 24.7 Å². The molecular formula is C9H13ClN2O2S. The molecule has 0 aromatic carbocycles. The van der Waals surface area contributed by atoms with Crippen molar-refractivity contribution in [1.29, 1.82) is 0 Å². The highest BCUT2D eigenvalue weighted by Crippen LogP contribution is 2.10. The molecule has 0 atom stereocenters. The second-order valence-corrected chi connectivity index (χ2v) is 5.22. The first-order valence-corrected chi connectivity index (χ1v) is 6.53. The molecule has 1 heterocycles. The summed E-state index contributed by atoms with van der Waals surface area (Å²) < 4.78 is 25.7. The molecule has 0 aliphatic rings. The van der Waals surface area contributed by atoms with Crippen molar-refractivity contribution in [2.24, 2.45) is 0 Å². The lowest BCUT2D eigenvalue weighted by Crippen LogP contribution is -2.24. The maximum absolute atomic E-state index is 11.6. The predicted molar refractivity (Wildman–Crippen MR) is 59.3 cm³/mol. The number of pyridine rings is 1. The van der Waals surface area contributed by atoms with Crippen molar-refractivity contribution in [3.63, 3.8) is 0 Å². The van der Waals surface area contributed by atoms with Gasteiger partial charge in [0.1, 0.15) is 10.0 Å². The van der Waals surface area contributed by atoms with Gasteiger partial charge in [0.25, 0.3) is 0 Å². The highest BCUT2D eigenvalue weighted by molar-refractivity contribution is 7.89. The molecule has 1 rings (SSSR count). The van der Waals surface area contributed by atoms with E-state index in [1.807, 2.05) is 6.92 Å². The third-order valence-electron chi connectivity index (χ3n) is 1.83. The van der Waals surface area contributed by atoms with Crippen molar-refractivity contribution in [1.82, 2.24) is 9.71 Å². The van der Waals surface area contributed by atoms with E-state index in [2.05, 4.69) is 9.71 Å². The number of sulfonamides is 1. The zero-order chi connectivity index (χ0) is 11.3. The molecule has 6 heteroatoms. The lowest BCUT2D eigenvalue weighted by molar-refractivity contribution is 0.578. The fourth-order valence-corrected chi connectivity index (χ4v) is 2.12. The summed E-state index contributed by atoms with van der Waals surface area (Å²) in [5.74, 6) is 0. The maximum Gasteiger partial charge on any atom is 0.242 e. The van der Waals surface area contributed by atoms with Crippen LogP contribution >= 0.6 is 11.6 Å². The smallest absolute Gasteiger partial charge is 0.242 e. The number of hydrogen-bond donors (Lipinski definition) is 1. The van der Waals surface area contributed by atoms with Crippen molar-refractivity contribution in [2.75, 3.05) is 6.54 Å². The van der Waals surface area contributed by atoms with Crippen molar-refractivity contribution in [3.8, 4) is 0 Å². The van der Waals surface area contributed by atoms with Crippen molar-refractivity contribution < 1.29 is 8.42 Å². The number of rotatable bonds is 5. The molecule has 15 heavy (non-hydrogen) atoms. The summed E-state index contributed by atoms with van der Waals surface area (Å²) in [4.78, 5) is 3.86. The first kappa shape index (κ1) is 12.4.